The fourth-order valence-corrected chi connectivity index (χ4v) is 0.646. The summed E-state index contributed by atoms with van der Waals surface area (Å²) in [6, 6.07) is 0.0407. The summed E-state index contributed by atoms with van der Waals surface area (Å²) in [5.74, 6) is 0.177. The number of oxime groups is 1. The molecule has 0 amide bonds. The first-order valence-electron chi connectivity index (χ1n) is 3.93. The third-order valence-electron chi connectivity index (χ3n) is 1.67. The number of aliphatic hydroxyl groups is 1. The fourth-order valence-electron chi connectivity index (χ4n) is 0.646. The average molecular weight is 175 g/mol. The smallest absolute Gasteiger partial charge is 0.143 e. The van der Waals surface area contributed by atoms with Gasteiger partial charge in [-0.2, -0.15) is 0 Å². The van der Waals surface area contributed by atoms with Gasteiger partial charge in [-0.3, -0.25) is 0 Å². The summed E-state index contributed by atoms with van der Waals surface area (Å²) in [6.45, 7) is 4.38. The zero-order valence-corrected chi connectivity index (χ0v) is 7.49. The summed E-state index contributed by atoms with van der Waals surface area (Å²) in [5.41, 5.74) is 5.34. The lowest BCUT2D eigenvalue weighted by molar-refractivity contribution is 0.249. The minimum Gasteiger partial charge on any atom is -0.409 e. The molecule has 0 saturated carbocycles. The second kappa shape index (κ2) is 5.79. The molecular formula is C7H17N3O2. The van der Waals surface area contributed by atoms with Crippen molar-refractivity contribution in [1.29, 1.82) is 0 Å². The van der Waals surface area contributed by atoms with E-state index >= 15 is 0 Å². The Kier molecular flexibility index (Phi) is 5.40. The monoisotopic (exact) mass is 175 g/mol. The van der Waals surface area contributed by atoms with Crippen LogP contribution in [-0.2, 0) is 0 Å². The number of nitrogens with zero attached hydrogens (tertiary/aromatic N) is 1. The van der Waals surface area contributed by atoms with Crippen molar-refractivity contribution >= 4 is 5.84 Å². The van der Waals surface area contributed by atoms with Gasteiger partial charge in [-0.15, -0.1) is 0 Å². The molecule has 0 aromatic rings. The van der Waals surface area contributed by atoms with Crippen molar-refractivity contribution < 1.29 is 10.3 Å². The van der Waals surface area contributed by atoms with Crippen LogP contribution >= 0.6 is 0 Å². The van der Waals surface area contributed by atoms with Crippen molar-refractivity contribution in [2.75, 3.05) is 13.2 Å². The van der Waals surface area contributed by atoms with Crippen LogP contribution in [0.15, 0.2) is 5.16 Å². The summed E-state index contributed by atoms with van der Waals surface area (Å²) in [4.78, 5) is 0. The Morgan fingerprint density at radius 1 is 1.58 bits per heavy atom. The number of rotatable bonds is 5. The molecule has 12 heavy (non-hydrogen) atoms. The van der Waals surface area contributed by atoms with E-state index in [0.29, 0.717) is 6.54 Å². The van der Waals surface area contributed by atoms with Crippen molar-refractivity contribution in [3.8, 4) is 0 Å². The molecule has 0 aliphatic heterocycles. The van der Waals surface area contributed by atoms with E-state index in [4.69, 9.17) is 16.0 Å². The Balaban J connectivity index is 3.64. The first kappa shape index (κ1) is 11.2. The lowest BCUT2D eigenvalue weighted by Crippen LogP contribution is -2.37. The predicted molar refractivity (Wildman–Crippen MR) is 47.1 cm³/mol. The van der Waals surface area contributed by atoms with E-state index < -0.39 is 0 Å². The molecule has 0 aromatic heterocycles. The van der Waals surface area contributed by atoms with Gasteiger partial charge < -0.3 is 21.4 Å². The lowest BCUT2D eigenvalue weighted by atomic mass is 10.1. The van der Waals surface area contributed by atoms with Gasteiger partial charge in [0.05, 0.1) is 6.61 Å². The van der Waals surface area contributed by atoms with E-state index in [1.54, 1.807) is 0 Å². The molecule has 0 saturated heterocycles. The first-order valence-corrected chi connectivity index (χ1v) is 3.93. The van der Waals surface area contributed by atoms with Gasteiger partial charge >= 0.3 is 0 Å². The van der Waals surface area contributed by atoms with E-state index in [0.717, 1.165) is 0 Å². The summed E-state index contributed by atoms with van der Waals surface area (Å²) < 4.78 is 0. The maximum Gasteiger partial charge on any atom is 0.143 e. The Hall–Kier alpha value is -0.810. The van der Waals surface area contributed by atoms with Crippen LogP contribution in [0, 0.1) is 5.92 Å². The number of amidine groups is 1. The van der Waals surface area contributed by atoms with Gasteiger partial charge in [-0.25, -0.2) is 0 Å². The number of aliphatic hydroxyl groups excluding tert-OH is 1. The number of nitrogens with two attached hydrogens (primary N) is 1. The van der Waals surface area contributed by atoms with Crippen molar-refractivity contribution in [3.63, 3.8) is 0 Å². The number of hydrogen-bond donors (Lipinski definition) is 4. The van der Waals surface area contributed by atoms with E-state index in [1.165, 1.54) is 0 Å². The summed E-state index contributed by atoms with van der Waals surface area (Å²) >= 11 is 0. The van der Waals surface area contributed by atoms with Crippen LogP contribution in [0.2, 0.25) is 0 Å². The summed E-state index contributed by atoms with van der Waals surface area (Å²) in [5, 5.41) is 22.9. The number of nitrogens with one attached hydrogen (secondary N) is 1. The highest BCUT2D eigenvalue weighted by molar-refractivity contribution is 5.82. The highest BCUT2D eigenvalue weighted by atomic mass is 16.4. The van der Waals surface area contributed by atoms with E-state index in [9.17, 15) is 0 Å². The number of hydrogen-bond acceptors (Lipinski definition) is 4. The van der Waals surface area contributed by atoms with Gasteiger partial charge in [0.1, 0.15) is 5.84 Å². The molecule has 0 aliphatic rings. The summed E-state index contributed by atoms with van der Waals surface area (Å²) in [6.07, 6.45) is 0. The average Bonchev–Trinajstić information content (AvgIpc) is 2.11. The van der Waals surface area contributed by atoms with Gasteiger partial charge in [-0.1, -0.05) is 12.1 Å². The normalized spacial score (nSPS) is 17.4. The zero-order chi connectivity index (χ0) is 9.56. The highest BCUT2D eigenvalue weighted by Crippen LogP contribution is 1.92. The highest BCUT2D eigenvalue weighted by Gasteiger charge is 2.08. The predicted octanol–water partition coefficient (Wildman–Crippen LogP) is -0.661. The molecule has 5 N–H and O–H groups in total. The van der Waals surface area contributed by atoms with Gasteiger partial charge in [0.2, 0.25) is 0 Å². The molecule has 5 nitrogen and oxygen atoms in total. The van der Waals surface area contributed by atoms with Gasteiger partial charge in [0, 0.05) is 18.5 Å². The molecule has 72 valence electrons. The van der Waals surface area contributed by atoms with E-state index in [-0.39, 0.29) is 24.4 Å². The first-order chi connectivity index (χ1) is 5.61. The molecule has 0 rings (SSSR count). The second-order valence-electron chi connectivity index (χ2n) is 2.92. The van der Waals surface area contributed by atoms with Gasteiger partial charge in [0.15, 0.2) is 0 Å². The molecule has 0 heterocycles. The fraction of sp³-hybridized carbons (Fsp3) is 0.857. The van der Waals surface area contributed by atoms with Crippen molar-refractivity contribution in [3.05, 3.63) is 0 Å². The standard InChI is InChI=1S/C7H17N3O2/c1-5(7(8)10-12)3-9-6(2)4-11/h5-6,9,11-12H,3-4H2,1-2H3,(H2,8,10). The second-order valence-corrected chi connectivity index (χ2v) is 2.92. The molecule has 0 fully saturated rings. The molecule has 0 aromatic carbocycles. The Bertz CT molecular complexity index is 150. The van der Waals surface area contributed by atoms with Crippen molar-refractivity contribution in [2.24, 2.45) is 16.8 Å². The zero-order valence-electron chi connectivity index (χ0n) is 7.49. The maximum atomic E-state index is 8.67. The van der Waals surface area contributed by atoms with Crippen LogP contribution in [0.25, 0.3) is 0 Å². The largest absolute Gasteiger partial charge is 0.409 e. The van der Waals surface area contributed by atoms with Gasteiger partial charge in [-0.05, 0) is 6.92 Å². The minimum atomic E-state index is -0.0241. The van der Waals surface area contributed by atoms with Crippen LogP contribution in [0.4, 0.5) is 0 Å². The van der Waals surface area contributed by atoms with Crippen LogP contribution in [0.3, 0.4) is 0 Å². The Morgan fingerprint density at radius 3 is 2.58 bits per heavy atom. The van der Waals surface area contributed by atoms with Crippen LogP contribution in [0.1, 0.15) is 13.8 Å². The van der Waals surface area contributed by atoms with Gasteiger partial charge in [0.25, 0.3) is 0 Å². The summed E-state index contributed by atoms with van der Waals surface area (Å²) in [7, 11) is 0. The SMILES string of the molecule is CC(CO)NCC(C)C(N)=NO. The Morgan fingerprint density at radius 2 is 2.17 bits per heavy atom. The van der Waals surface area contributed by atoms with Crippen molar-refractivity contribution in [2.45, 2.75) is 19.9 Å². The Labute approximate surface area is 72.3 Å². The molecule has 0 bridgehead atoms. The van der Waals surface area contributed by atoms with Crippen LogP contribution in [0.5, 0.6) is 0 Å². The molecule has 0 spiro atoms. The van der Waals surface area contributed by atoms with E-state index in [1.807, 2.05) is 13.8 Å². The van der Waals surface area contributed by atoms with Crippen LogP contribution < -0.4 is 11.1 Å². The molecule has 5 heteroatoms. The minimum absolute atomic E-state index is 0.0241. The molecule has 2 atom stereocenters. The quantitative estimate of drug-likeness (QED) is 0.193. The topological polar surface area (TPSA) is 90.9 Å². The molecule has 0 radical (unpaired) electrons. The molecular weight excluding hydrogens is 158 g/mol. The maximum absolute atomic E-state index is 8.67. The lowest BCUT2D eigenvalue weighted by Gasteiger charge is -2.14. The molecule has 0 aliphatic carbocycles. The van der Waals surface area contributed by atoms with E-state index in [2.05, 4.69) is 10.5 Å². The third kappa shape index (κ3) is 4.15. The van der Waals surface area contributed by atoms with Crippen molar-refractivity contribution in [1.82, 2.24) is 5.32 Å². The molecule has 2 unspecified atom stereocenters. The van der Waals surface area contributed by atoms with Crippen LogP contribution in [-0.4, -0.2) is 35.3 Å². The third-order valence-corrected chi connectivity index (χ3v) is 1.67.